The number of guanidine groups is 1. The highest BCUT2D eigenvalue weighted by atomic mass is 127. The normalized spacial score (nSPS) is 15.4. The van der Waals surface area contributed by atoms with Gasteiger partial charge in [0.1, 0.15) is 0 Å². The minimum Gasteiger partial charge on any atom is -0.368 e. The van der Waals surface area contributed by atoms with Gasteiger partial charge in [-0.25, -0.2) is 4.99 Å². The summed E-state index contributed by atoms with van der Waals surface area (Å²) in [6.45, 7) is 5.89. The summed E-state index contributed by atoms with van der Waals surface area (Å²) < 4.78 is 38.8. The van der Waals surface area contributed by atoms with Crippen LogP contribution in [0.15, 0.2) is 41.5 Å². The molecular formula is C18H24F3IN6. The molecule has 1 aliphatic rings. The third-order valence-electron chi connectivity index (χ3n) is 4.41. The van der Waals surface area contributed by atoms with Crippen molar-refractivity contribution in [3.63, 3.8) is 0 Å². The third kappa shape index (κ3) is 5.76. The van der Waals surface area contributed by atoms with E-state index >= 15 is 0 Å². The van der Waals surface area contributed by atoms with Gasteiger partial charge in [0.15, 0.2) is 5.96 Å². The highest BCUT2D eigenvalue weighted by Gasteiger charge is 2.31. The van der Waals surface area contributed by atoms with Crippen LogP contribution in [0.4, 0.5) is 18.9 Å². The molecule has 3 rings (SSSR count). The zero-order chi connectivity index (χ0) is 19.3. The first-order valence-electron chi connectivity index (χ1n) is 8.91. The van der Waals surface area contributed by atoms with Crippen molar-refractivity contribution >= 4 is 35.6 Å². The largest absolute Gasteiger partial charge is 0.416 e. The average molecular weight is 508 g/mol. The lowest BCUT2D eigenvalue weighted by atomic mass is 10.1. The highest BCUT2D eigenvalue weighted by molar-refractivity contribution is 14.0. The Bertz CT molecular complexity index is 755. The number of nitrogens with one attached hydrogen (secondary N) is 2. The molecule has 1 aromatic heterocycles. The molecule has 1 aliphatic heterocycles. The van der Waals surface area contributed by atoms with Gasteiger partial charge in [-0.2, -0.15) is 18.3 Å². The molecule has 0 unspecified atom stereocenters. The molecule has 0 spiro atoms. The molecule has 1 fully saturated rings. The van der Waals surface area contributed by atoms with Crippen LogP contribution in [0, 0.1) is 0 Å². The molecule has 1 aromatic carbocycles. The Balaban J connectivity index is 0.00000280. The first-order chi connectivity index (χ1) is 13.0. The van der Waals surface area contributed by atoms with Crippen molar-refractivity contribution in [2.75, 3.05) is 37.6 Å². The predicted octanol–water partition coefficient (Wildman–Crippen LogP) is 3.33. The Labute approximate surface area is 179 Å². The Morgan fingerprint density at radius 2 is 1.96 bits per heavy atom. The van der Waals surface area contributed by atoms with Crippen LogP contribution in [0.5, 0.6) is 0 Å². The molecule has 0 atom stereocenters. The standard InChI is InChI=1S/C18H23F3N6.HI/c1-2-22-17(23-13-15-6-7-24-25-15)27-10-8-26(9-11-27)16-5-3-4-14(12-16)18(19,20)21;/h3-7,12H,2,8-11,13H2,1H3,(H,22,23)(H,24,25);1H. The number of anilines is 1. The van der Waals surface area contributed by atoms with E-state index in [2.05, 4.69) is 25.4 Å². The van der Waals surface area contributed by atoms with E-state index in [0.29, 0.717) is 38.4 Å². The fourth-order valence-electron chi connectivity index (χ4n) is 3.01. The minimum atomic E-state index is -4.32. The van der Waals surface area contributed by atoms with E-state index in [1.807, 2.05) is 17.9 Å². The van der Waals surface area contributed by atoms with Crippen LogP contribution in [0.1, 0.15) is 18.2 Å². The number of H-pyrrole nitrogens is 1. The van der Waals surface area contributed by atoms with Crippen molar-refractivity contribution in [3.05, 3.63) is 47.8 Å². The maximum absolute atomic E-state index is 12.9. The van der Waals surface area contributed by atoms with Gasteiger partial charge >= 0.3 is 6.18 Å². The SMILES string of the molecule is CCNC(=NCc1ccn[nH]1)N1CCN(c2cccc(C(F)(F)F)c2)CC1.I. The van der Waals surface area contributed by atoms with Crippen molar-refractivity contribution in [3.8, 4) is 0 Å². The Morgan fingerprint density at radius 1 is 1.21 bits per heavy atom. The van der Waals surface area contributed by atoms with Crippen molar-refractivity contribution in [2.45, 2.75) is 19.6 Å². The summed E-state index contributed by atoms with van der Waals surface area (Å²) in [6, 6.07) is 7.37. The van der Waals surface area contributed by atoms with Crippen molar-refractivity contribution in [1.82, 2.24) is 20.4 Å². The van der Waals surface area contributed by atoms with Crippen molar-refractivity contribution < 1.29 is 13.2 Å². The second-order valence-electron chi connectivity index (χ2n) is 6.27. The summed E-state index contributed by atoms with van der Waals surface area (Å²) >= 11 is 0. The molecule has 0 bridgehead atoms. The molecule has 2 aromatic rings. The molecule has 0 saturated carbocycles. The third-order valence-corrected chi connectivity index (χ3v) is 4.41. The van der Waals surface area contributed by atoms with E-state index in [0.717, 1.165) is 24.3 Å². The molecule has 6 nitrogen and oxygen atoms in total. The summed E-state index contributed by atoms with van der Waals surface area (Å²) in [5.74, 6) is 0.802. The molecule has 2 N–H and O–H groups in total. The van der Waals surface area contributed by atoms with E-state index in [4.69, 9.17) is 0 Å². The van der Waals surface area contributed by atoms with Crippen LogP contribution in [-0.4, -0.2) is 53.8 Å². The number of benzene rings is 1. The van der Waals surface area contributed by atoms with E-state index in [1.165, 1.54) is 12.1 Å². The number of hydrogen-bond donors (Lipinski definition) is 2. The summed E-state index contributed by atoms with van der Waals surface area (Å²) in [6.07, 6.45) is -2.64. The average Bonchev–Trinajstić information content (AvgIpc) is 3.18. The van der Waals surface area contributed by atoms with Gasteiger partial charge < -0.3 is 15.1 Å². The second kappa shape index (κ2) is 9.99. The van der Waals surface area contributed by atoms with Gasteiger partial charge in [-0.05, 0) is 31.2 Å². The lowest BCUT2D eigenvalue weighted by molar-refractivity contribution is -0.137. The minimum absolute atomic E-state index is 0. The molecule has 0 radical (unpaired) electrons. The first kappa shape index (κ1) is 22.3. The lowest BCUT2D eigenvalue weighted by Crippen LogP contribution is -2.52. The van der Waals surface area contributed by atoms with Crippen molar-refractivity contribution in [2.24, 2.45) is 4.99 Å². The van der Waals surface area contributed by atoms with Gasteiger partial charge in [-0.15, -0.1) is 24.0 Å². The van der Waals surface area contributed by atoms with Crippen molar-refractivity contribution in [1.29, 1.82) is 0 Å². The number of hydrogen-bond acceptors (Lipinski definition) is 3. The van der Waals surface area contributed by atoms with Gasteiger partial charge in [0, 0.05) is 44.6 Å². The van der Waals surface area contributed by atoms with E-state index < -0.39 is 11.7 Å². The number of halogens is 4. The molecule has 0 amide bonds. The van der Waals surface area contributed by atoms with E-state index in [1.54, 1.807) is 12.3 Å². The molecule has 10 heteroatoms. The van der Waals surface area contributed by atoms with Crippen LogP contribution in [0.25, 0.3) is 0 Å². The maximum atomic E-state index is 12.9. The van der Waals surface area contributed by atoms with Crippen LogP contribution in [0.3, 0.4) is 0 Å². The summed E-state index contributed by atoms with van der Waals surface area (Å²) in [5, 5.41) is 10.1. The van der Waals surface area contributed by atoms with E-state index in [9.17, 15) is 13.2 Å². The Hall–Kier alpha value is -1.98. The van der Waals surface area contributed by atoms with Crippen LogP contribution in [-0.2, 0) is 12.7 Å². The fraction of sp³-hybridized carbons (Fsp3) is 0.444. The number of piperazine rings is 1. The summed E-state index contributed by atoms with van der Waals surface area (Å²) in [5.41, 5.74) is 0.911. The Kier molecular flexibility index (Phi) is 7.96. The maximum Gasteiger partial charge on any atom is 0.416 e. The second-order valence-corrected chi connectivity index (χ2v) is 6.27. The molecule has 2 heterocycles. The summed E-state index contributed by atoms with van der Waals surface area (Å²) in [7, 11) is 0. The predicted molar refractivity (Wildman–Crippen MR) is 114 cm³/mol. The molecular weight excluding hydrogens is 484 g/mol. The quantitative estimate of drug-likeness (QED) is 0.378. The number of alkyl halides is 3. The lowest BCUT2D eigenvalue weighted by Gasteiger charge is -2.37. The number of aliphatic imine (C=N–C) groups is 1. The topological polar surface area (TPSA) is 59.6 Å². The molecule has 28 heavy (non-hydrogen) atoms. The number of aromatic amines is 1. The highest BCUT2D eigenvalue weighted by Crippen LogP contribution is 2.31. The first-order valence-corrected chi connectivity index (χ1v) is 8.91. The fourth-order valence-corrected chi connectivity index (χ4v) is 3.01. The number of aromatic nitrogens is 2. The number of rotatable bonds is 4. The van der Waals surface area contributed by atoms with Gasteiger partial charge in [0.2, 0.25) is 0 Å². The van der Waals surface area contributed by atoms with Gasteiger partial charge in [0.25, 0.3) is 0 Å². The van der Waals surface area contributed by atoms with Gasteiger partial charge in [-0.3, -0.25) is 5.10 Å². The van der Waals surface area contributed by atoms with Gasteiger partial charge in [0.05, 0.1) is 17.8 Å². The smallest absolute Gasteiger partial charge is 0.368 e. The number of nitrogens with zero attached hydrogens (tertiary/aromatic N) is 4. The zero-order valence-electron chi connectivity index (χ0n) is 15.5. The molecule has 154 valence electrons. The van der Waals surface area contributed by atoms with Crippen LogP contribution >= 0.6 is 24.0 Å². The van der Waals surface area contributed by atoms with E-state index in [-0.39, 0.29) is 24.0 Å². The molecule has 0 aliphatic carbocycles. The monoisotopic (exact) mass is 508 g/mol. The molecule has 1 saturated heterocycles. The summed E-state index contributed by atoms with van der Waals surface area (Å²) in [4.78, 5) is 8.72. The van der Waals surface area contributed by atoms with Crippen LogP contribution < -0.4 is 10.2 Å². The van der Waals surface area contributed by atoms with Crippen LogP contribution in [0.2, 0.25) is 0 Å². The van der Waals surface area contributed by atoms with Gasteiger partial charge in [-0.1, -0.05) is 6.07 Å². The Morgan fingerprint density at radius 3 is 2.57 bits per heavy atom. The zero-order valence-corrected chi connectivity index (χ0v) is 17.9.